The summed E-state index contributed by atoms with van der Waals surface area (Å²) in [5.74, 6) is 1.52. The molecule has 0 N–H and O–H groups in total. The standard InChI is InChI=1S/C15H20O4/c1-16-9-15(10-17-2)12-8-6-5-7-11(12)13(18-3)14(15)19-4/h5-8H,9-10H2,1-4H3. The van der Waals surface area contributed by atoms with E-state index in [4.69, 9.17) is 18.9 Å². The van der Waals surface area contributed by atoms with Crippen LogP contribution in [0.1, 0.15) is 11.1 Å². The first kappa shape index (κ1) is 13.9. The first-order chi connectivity index (χ1) is 9.25. The van der Waals surface area contributed by atoms with Crippen molar-refractivity contribution < 1.29 is 18.9 Å². The highest BCUT2D eigenvalue weighted by molar-refractivity contribution is 5.75. The molecule has 19 heavy (non-hydrogen) atoms. The number of methoxy groups -OCH3 is 4. The van der Waals surface area contributed by atoms with Crippen LogP contribution in [0.3, 0.4) is 0 Å². The highest BCUT2D eigenvalue weighted by atomic mass is 16.5. The lowest BCUT2D eigenvalue weighted by Crippen LogP contribution is -2.37. The third-order valence-electron chi connectivity index (χ3n) is 3.52. The maximum Gasteiger partial charge on any atom is 0.165 e. The van der Waals surface area contributed by atoms with Crippen molar-refractivity contribution in [3.8, 4) is 0 Å². The fraction of sp³-hybridized carbons (Fsp3) is 0.467. The number of hydrogen-bond donors (Lipinski definition) is 0. The third kappa shape index (κ3) is 2.01. The molecular formula is C15H20O4. The maximum absolute atomic E-state index is 5.61. The van der Waals surface area contributed by atoms with Crippen molar-refractivity contribution in [1.29, 1.82) is 0 Å². The topological polar surface area (TPSA) is 36.9 Å². The van der Waals surface area contributed by atoms with Crippen molar-refractivity contribution in [3.63, 3.8) is 0 Å². The van der Waals surface area contributed by atoms with Crippen molar-refractivity contribution in [2.45, 2.75) is 5.41 Å². The second-order valence-electron chi connectivity index (χ2n) is 4.56. The number of fused-ring (bicyclic) bond motifs is 1. The van der Waals surface area contributed by atoms with E-state index in [1.54, 1.807) is 28.4 Å². The van der Waals surface area contributed by atoms with E-state index in [-0.39, 0.29) is 0 Å². The molecule has 104 valence electrons. The molecule has 0 spiro atoms. The molecule has 0 fully saturated rings. The van der Waals surface area contributed by atoms with Crippen LogP contribution in [0, 0.1) is 0 Å². The summed E-state index contributed by atoms with van der Waals surface area (Å²) in [6.07, 6.45) is 0. The summed E-state index contributed by atoms with van der Waals surface area (Å²) in [5.41, 5.74) is 1.71. The molecule has 1 aromatic rings. The maximum atomic E-state index is 5.61. The molecule has 2 rings (SSSR count). The van der Waals surface area contributed by atoms with Gasteiger partial charge in [0.25, 0.3) is 0 Å². The Labute approximate surface area is 113 Å². The molecule has 1 aliphatic carbocycles. The summed E-state index contributed by atoms with van der Waals surface area (Å²) < 4.78 is 22.0. The highest BCUT2D eigenvalue weighted by Gasteiger charge is 2.48. The van der Waals surface area contributed by atoms with Crippen LogP contribution in [-0.2, 0) is 24.4 Å². The van der Waals surface area contributed by atoms with E-state index in [0.29, 0.717) is 13.2 Å². The molecule has 1 aliphatic rings. The van der Waals surface area contributed by atoms with Gasteiger partial charge in [0.1, 0.15) is 5.41 Å². The Morgan fingerprint density at radius 1 is 0.895 bits per heavy atom. The molecule has 0 saturated carbocycles. The van der Waals surface area contributed by atoms with E-state index in [2.05, 4.69) is 6.07 Å². The van der Waals surface area contributed by atoms with Crippen LogP contribution in [0.15, 0.2) is 30.0 Å². The third-order valence-corrected chi connectivity index (χ3v) is 3.52. The van der Waals surface area contributed by atoms with Gasteiger partial charge in [0.2, 0.25) is 0 Å². The van der Waals surface area contributed by atoms with E-state index in [1.807, 2.05) is 18.2 Å². The Morgan fingerprint density at radius 3 is 2.05 bits per heavy atom. The van der Waals surface area contributed by atoms with Gasteiger partial charge in [-0.15, -0.1) is 0 Å². The minimum atomic E-state index is -0.444. The fourth-order valence-corrected chi connectivity index (χ4v) is 2.87. The van der Waals surface area contributed by atoms with Crippen molar-refractivity contribution >= 4 is 5.76 Å². The van der Waals surface area contributed by atoms with E-state index >= 15 is 0 Å². The van der Waals surface area contributed by atoms with E-state index in [0.717, 1.165) is 22.6 Å². The molecular weight excluding hydrogens is 244 g/mol. The zero-order valence-corrected chi connectivity index (χ0v) is 11.9. The molecule has 1 aromatic carbocycles. The number of rotatable bonds is 6. The summed E-state index contributed by atoms with van der Waals surface area (Å²) in [5, 5.41) is 0. The van der Waals surface area contributed by atoms with Crippen molar-refractivity contribution in [2.75, 3.05) is 41.7 Å². The number of ether oxygens (including phenoxy) is 4. The van der Waals surface area contributed by atoms with E-state index in [1.165, 1.54) is 0 Å². The Kier molecular flexibility index (Phi) is 4.12. The van der Waals surface area contributed by atoms with E-state index in [9.17, 15) is 0 Å². The van der Waals surface area contributed by atoms with Gasteiger partial charge in [-0.3, -0.25) is 0 Å². The Hall–Kier alpha value is -1.52. The first-order valence-electron chi connectivity index (χ1n) is 6.15. The zero-order valence-electron chi connectivity index (χ0n) is 11.9. The van der Waals surface area contributed by atoms with Gasteiger partial charge in [-0.25, -0.2) is 0 Å². The number of benzene rings is 1. The molecule has 0 saturated heterocycles. The fourth-order valence-electron chi connectivity index (χ4n) is 2.87. The van der Waals surface area contributed by atoms with Crippen LogP contribution in [0.25, 0.3) is 5.76 Å². The molecule has 4 nitrogen and oxygen atoms in total. The summed E-state index contributed by atoms with van der Waals surface area (Å²) in [4.78, 5) is 0. The van der Waals surface area contributed by atoms with Crippen LogP contribution in [0.2, 0.25) is 0 Å². The summed E-state index contributed by atoms with van der Waals surface area (Å²) in [6, 6.07) is 8.09. The largest absolute Gasteiger partial charge is 0.496 e. The second kappa shape index (κ2) is 5.63. The van der Waals surface area contributed by atoms with Gasteiger partial charge >= 0.3 is 0 Å². The predicted molar refractivity (Wildman–Crippen MR) is 72.8 cm³/mol. The Balaban J connectivity index is 2.65. The lowest BCUT2D eigenvalue weighted by atomic mass is 9.82. The lowest BCUT2D eigenvalue weighted by molar-refractivity contribution is 0.0485. The van der Waals surface area contributed by atoms with Gasteiger partial charge in [-0.05, 0) is 5.56 Å². The van der Waals surface area contributed by atoms with Crippen molar-refractivity contribution in [2.24, 2.45) is 0 Å². The second-order valence-corrected chi connectivity index (χ2v) is 4.56. The Morgan fingerprint density at radius 2 is 1.53 bits per heavy atom. The molecule has 0 atom stereocenters. The highest BCUT2D eigenvalue weighted by Crippen LogP contribution is 2.47. The van der Waals surface area contributed by atoms with Gasteiger partial charge in [0.05, 0.1) is 27.4 Å². The van der Waals surface area contributed by atoms with Gasteiger partial charge in [0.15, 0.2) is 11.5 Å². The normalized spacial score (nSPS) is 16.4. The summed E-state index contributed by atoms with van der Waals surface area (Å²) in [6.45, 7) is 0.960. The van der Waals surface area contributed by atoms with Crippen molar-refractivity contribution in [1.82, 2.24) is 0 Å². The van der Waals surface area contributed by atoms with Crippen LogP contribution >= 0.6 is 0 Å². The molecule has 0 aromatic heterocycles. The Bertz CT molecular complexity index is 473. The minimum absolute atomic E-state index is 0.444. The van der Waals surface area contributed by atoms with Gasteiger partial charge in [-0.2, -0.15) is 0 Å². The molecule has 0 bridgehead atoms. The molecule has 0 radical (unpaired) electrons. The minimum Gasteiger partial charge on any atom is -0.496 e. The van der Waals surface area contributed by atoms with E-state index < -0.39 is 5.41 Å². The van der Waals surface area contributed by atoms with Crippen molar-refractivity contribution in [3.05, 3.63) is 41.2 Å². The first-order valence-corrected chi connectivity index (χ1v) is 6.15. The van der Waals surface area contributed by atoms with Crippen LogP contribution in [-0.4, -0.2) is 41.7 Å². The quantitative estimate of drug-likeness (QED) is 0.789. The molecule has 0 unspecified atom stereocenters. The monoisotopic (exact) mass is 264 g/mol. The predicted octanol–water partition coefficient (Wildman–Crippen LogP) is 2.19. The SMILES string of the molecule is COCC1(COC)C(OC)=C(OC)c2ccccc21. The molecule has 0 heterocycles. The van der Waals surface area contributed by atoms with Crippen LogP contribution in [0.5, 0.6) is 0 Å². The van der Waals surface area contributed by atoms with Gasteiger partial charge in [-0.1, -0.05) is 24.3 Å². The molecule has 0 amide bonds. The van der Waals surface area contributed by atoms with Gasteiger partial charge in [0, 0.05) is 19.8 Å². The average molecular weight is 264 g/mol. The molecule has 0 aliphatic heterocycles. The number of hydrogen-bond acceptors (Lipinski definition) is 4. The average Bonchev–Trinajstić information content (AvgIpc) is 2.69. The van der Waals surface area contributed by atoms with Crippen LogP contribution < -0.4 is 0 Å². The lowest BCUT2D eigenvalue weighted by Gasteiger charge is -2.30. The molecule has 4 heteroatoms. The summed E-state index contributed by atoms with van der Waals surface area (Å²) >= 11 is 0. The summed E-state index contributed by atoms with van der Waals surface area (Å²) in [7, 11) is 6.66. The van der Waals surface area contributed by atoms with Gasteiger partial charge < -0.3 is 18.9 Å². The van der Waals surface area contributed by atoms with Crippen LogP contribution in [0.4, 0.5) is 0 Å². The smallest absolute Gasteiger partial charge is 0.165 e. The zero-order chi connectivity index (χ0) is 13.9.